The summed E-state index contributed by atoms with van der Waals surface area (Å²) in [5.74, 6) is 1.30. The number of hydrazine groups is 1. The summed E-state index contributed by atoms with van der Waals surface area (Å²) < 4.78 is 0. The monoisotopic (exact) mass is 332 g/mol. The number of nitrogens with two attached hydrogens (primary N) is 1. The molecule has 4 N–H and O–H groups in total. The normalized spacial score (nSPS) is 13.2. The number of anilines is 5. The molecule has 0 saturated heterocycles. The number of rotatable bonds is 4. The highest BCUT2D eigenvalue weighted by Crippen LogP contribution is 2.36. The highest BCUT2D eigenvalue weighted by molar-refractivity contribution is 5.81. The van der Waals surface area contributed by atoms with Gasteiger partial charge in [0.25, 0.3) is 0 Å². The molecule has 25 heavy (non-hydrogen) atoms. The molecule has 2 aromatic carbocycles. The van der Waals surface area contributed by atoms with Gasteiger partial charge in [0.05, 0.1) is 5.69 Å². The molecule has 6 nitrogen and oxygen atoms in total. The third-order valence-electron chi connectivity index (χ3n) is 4.33. The average Bonchev–Trinajstić information content (AvgIpc) is 2.68. The van der Waals surface area contributed by atoms with E-state index in [0.29, 0.717) is 11.5 Å². The lowest BCUT2D eigenvalue weighted by Gasteiger charge is -2.31. The van der Waals surface area contributed by atoms with Gasteiger partial charge in [-0.15, -0.1) is 0 Å². The minimum Gasteiger partial charge on any atom is -0.393 e. The Balaban J connectivity index is 1.62. The van der Waals surface area contributed by atoms with Gasteiger partial charge in [0.2, 0.25) is 0 Å². The van der Waals surface area contributed by atoms with Crippen molar-refractivity contribution in [3.05, 3.63) is 66.5 Å². The Morgan fingerprint density at radius 3 is 2.60 bits per heavy atom. The zero-order valence-electron chi connectivity index (χ0n) is 13.8. The molecule has 0 bridgehead atoms. The molecule has 0 atom stereocenters. The van der Waals surface area contributed by atoms with Crippen LogP contribution >= 0.6 is 0 Å². The van der Waals surface area contributed by atoms with Crippen LogP contribution in [-0.2, 0) is 6.42 Å². The quantitative estimate of drug-likeness (QED) is 0.634. The van der Waals surface area contributed by atoms with Crippen LogP contribution in [0.5, 0.6) is 0 Å². The van der Waals surface area contributed by atoms with E-state index in [1.165, 1.54) is 17.6 Å². The molecule has 0 saturated carbocycles. The molecule has 1 aliphatic rings. The summed E-state index contributed by atoms with van der Waals surface area (Å²) in [7, 11) is 0. The van der Waals surface area contributed by atoms with Gasteiger partial charge in [0.15, 0.2) is 11.6 Å². The number of aromatic nitrogens is 2. The summed E-state index contributed by atoms with van der Waals surface area (Å²) >= 11 is 0. The molecule has 126 valence electrons. The maximum Gasteiger partial charge on any atom is 0.173 e. The van der Waals surface area contributed by atoms with E-state index in [4.69, 9.17) is 5.73 Å². The van der Waals surface area contributed by atoms with Crippen molar-refractivity contribution in [3.63, 3.8) is 0 Å². The van der Waals surface area contributed by atoms with E-state index in [2.05, 4.69) is 43.9 Å². The van der Waals surface area contributed by atoms with E-state index >= 15 is 0 Å². The molecule has 0 fully saturated rings. The van der Waals surface area contributed by atoms with Crippen molar-refractivity contribution in [2.75, 3.05) is 28.0 Å². The summed E-state index contributed by atoms with van der Waals surface area (Å²) in [6.45, 7) is 0.893. The minimum atomic E-state index is 0.530. The number of aryl methyl sites for hydroxylation is 1. The Labute approximate surface area is 146 Å². The van der Waals surface area contributed by atoms with Crippen LogP contribution in [0.2, 0.25) is 0 Å². The van der Waals surface area contributed by atoms with Gasteiger partial charge in [0.1, 0.15) is 12.0 Å². The topological polar surface area (TPSA) is 79.1 Å². The number of hydrogen-bond donors (Lipinski definition) is 3. The van der Waals surface area contributed by atoms with Gasteiger partial charge in [-0.3, -0.25) is 10.9 Å². The first-order chi connectivity index (χ1) is 12.3. The van der Waals surface area contributed by atoms with Crippen molar-refractivity contribution in [1.82, 2.24) is 9.97 Å². The van der Waals surface area contributed by atoms with Gasteiger partial charge in [-0.1, -0.05) is 36.4 Å². The molecule has 0 spiro atoms. The summed E-state index contributed by atoms with van der Waals surface area (Å²) in [6, 6.07) is 18.2. The summed E-state index contributed by atoms with van der Waals surface area (Å²) in [5, 5.41) is 0. The smallest absolute Gasteiger partial charge is 0.173 e. The maximum atomic E-state index is 6.37. The number of hydrogen-bond acceptors (Lipinski definition) is 6. The van der Waals surface area contributed by atoms with Crippen LogP contribution in [-0.4, -0.2) is 16.5 Å². The van der Waals surface area contributed by atoms with Crippen molar-refractivity contribution in [1.29, 1.82) is 0 Å². The van der Waals surface area contributed by atoms with Gasteiger partial charge in [-0.2, -0.15) is 0 Å². The van der Waals surface area contributed by atoms with Gasteiger partial charge >= 0.3 is 0 Å². The molecule has 0 radical (unpaired) electrons. The lowest BCUT2D eigenvalue weighted by molar-refractivity contribution is 0.759. The SMILES string of the molecule is Nc1c(NNc2ccccc2)ncnc1N1CCCc2ccccc21. The second-order valence-electron chi connectivity index (χ2n) is 5.96. The maximum absolute atomic E-state index is 6.37. The second-order valence-corrected chi connectivity index (χ2v) is 5.96. The average molecular weight is 332 g/mol. The summed E-state index contributed by atoms with van der Waals surface area (Å²) in [6.07, 6.45) is 3.70. The molecule has 1 aromatic heterocycles. The second kappa shape index (κ2) is 6.68. The van der Waals surface area contributed by atoms with E-state index < -0.39 is 0 Å². The van der Waals surface area contributed by atoms with E-state index in [1.54, 1.807) is 0 Å². The Morgan fingerprint density at radius 1 is 0.920 bits per heavy atom. The first kappa shape index (κ1) is 15.3. The number of nitrogen functional groups attached to an aromatic ring is 1. The highest BCUT2D eigenvalue weighted by Gasteiger charge is 2.22. The fourth-order valence-electron chi connectivity index (χ4n) is 3.11. The Hall–Kier alpha value is -3.28. The molecular formula is C19H20N6. The van der Waals surface area contributed by atoms with E-state index in [9.17, 15) is 0 Å². The first-order valence-electron chi connectivity index (χ1n) is 8.36. The first-order valence-corrected chi connectivity index (χ1v) is 8.36. The molecule has 0 aliphatic carbocycles. The van der Waals surface area contributed by atoms with Crippen LogP contribution in [0.15, 0.2) is 60.9 Å². The van der Waals surface area contributed by atoms with Crippen LogP contribution in [0.1, 0.15) is 12.0 Å². The molecule has 3 aromatic rings. The van der Waals surface area contributed by atoms with Crippen molar-refractivity contribution < 1.29 is 0 Å². The predicted octanol–water partition coefficient (Wildman–Crippen LogP) is 3.58. The van der Waals surface area contributed by atoms with Crippen molar-refractivity contribution in [2.45, 2.75) is 12.8 Å². The number of nitrogens with one attached hydrogen (secondary N) is 2. The molecule has 4 rings (SSSR count). The summed E-state index contributed by atoms with van der Waals surface area (Å²) in [4.78, 5) is 10.9. The van der Waals surface area contributed by atoms with E-state index in [1.807, 2.05) is 36.4 Å². The minimum absolute atomic E-state index is 0.530. The fraction of sp³-hybridized carbons (Fsp3) is 0.158. The van der Waals surface area contributed by atoms with Crippen LogP contribution in [0.4, 0.5) is 28.7 Å². The lowest BCUT2D eigenvalue weighted by atomic mass is 10.0. The van der Waals surface area contributed by atoms with Crippen LogP contribution in [0.3, 0.4) is 0 Å². The van der Waals surface area contributed by atoms with Gasteiger partial charge in [-0.25, -0.2) is 9.97 Å². The van der Waals surface area contributed by atoms with Crippen molar-refractivity contribution >= 4 is 28.7 Å². The van der Waals surface area contributed by atoms with Crippen LogP contribution < -0.4 is 21.5 Å². The van der Waals surface area contributed by atoms with E-state index in [-0.39, 0.29) is 0 Å². The molecule has 6 heteroatoms. The standard InChI is InChI=1S/C19H20N6/c20-17-18(24-23-15-9-2-1-3-10-15)21-13-22-19(17)25-12-6-8-14-7-4-5-11-16(14)25/h1-5,7,9-11,13,23H,6,8,12,20H2,(H,21,22,24). The van der Waals surface area contributed by atoms with Gasteiger partial charge < -0.3 is 10.6 Å². The molecule has 0 unspecified atom stereocenters. The zero-order valence-corrected chi connectivity index (χ0v) is 13.8. The number of fused-ring (bicyclic) bond motifs is 1. The predicted molar refractivity (Wildman–Crippen MR) is 102 cm³/mol. The number of nitrogens with zero attached hydrogens (tertiary/aromatic N) is 3. The van der Waals surface area contributed by atoms with Crippen LogP contribution in [0, 0.1) is 0 Å². The van der Waals surface area contributed by atoms with E-state index in [0.717, 1.165) is 30.9 Å². The zero-order chi connectivity index (χ0) is 17.1. The third kappa shape index (κ3) is 3.06. The van der Waals surface area contributed by atoms with Crippen LogP contribution in [0.25, 0.3) is 0 Å². The fourth-order valence-corrected chi connectivity index (χ4v) is 3.11. The lowest BCUT2D eigenvalue weighted by Crippen LogP contribution is -2.26. The molecule has 2 heterocycles. The molecule has 0 amide bonds. The van der Waals surface area contributed by atoms with Crippen molar-refractivity contribution in [3.8, 4) is 0 Å². The van der Waals surface area contributed by atoms with Gasteiger partial charge in [-0.05, 0) is 36.6 Å². The van der Waals surface area contributed by atoms with Gasteiger partial charge in [0, 0.05) is 12.2 Å². The third-order valence-corrected chi connectivity index (χ3v) is 4.33. The number of para-hydroxylation sites is 2. The largest absolute Gasteiger partial charge is 0.393 e. The highest BCUT2D eigenvalue weighted by atomic mass is 15.4. The van der Waals surface area contributed by atoms with Crippen molar-refractivity contribution in [2.24, 2.45) is 0 Å². The summed E-state index contributed by atoms with van der Waals surface area (Å²) in [5.41, 5.74) is 16.5. The molecular weight excluding hydrogens is 312 g/mol. The Kier molecular flexibility index (Phi) is 4.08. The Morgan fingerprint density at radius 2 is 1.72 bits per heavy atom. The Bertz CT molecular complexity index is 865. The number of benzene rings is 2. The molecule has 1 aliphatic heterocycles.